The van der Waals surface area contributed by atoms with Crippen molar-refractivity contribution in [3.63, 3.8) is 0 Å². The van der Waals surface area contributed by atoms with Gasteiger partial charge in [-0.1, -0.05) is 62.4 Å². The first-order valence-corrected chi connectivity index (χ1v) is 10.6. The van der Waals surface area contributed by atoms with Gasteiger partial charge in [0.15, 0.2) is 0 Å². The molecule has 0 saturated heterocycles. The fraction of sp³-hybridized carbons (Fsp3) is 0.333. The molecular weight excluding hydrogens is 380 g/mol. The molecule has 1 aliphatic carbocycles. The molecule has 142 valence electrons. The number of hydrogen-bond donors (Lipinski definition) is 2. The number of benzene rings is 2. The van der Waals surface area contributed by atoms with Crippen LogP contribution in [0.4, 0.5) is 0 Å². The monoisotopic (exact) mass is 402 g/mol. The lowest BCUT2D eigenvalue weighted by Crippen LogP contribution is -2.24. The number of rotatable bonds is 8. The van der Waals surface area contributed by atoms with E-state index in [1.165, 1.54) is 0 Å². The van der Waals surface area contributed by atoms with Crippen molar-refractivity contribution in [2.75, 3.05) is 0 Å². The summed E-state index contributed by atoms with van der Waals surface area (Å²) >= 11 is 3.23. The molecule has 2 N–H and O–H groups in total. The Hall–Kier alpha value is -1.92. The Morgan fingerprint density at radius 2 is 1.19 bits per heavy atom. The molecule has 0 aliphatic heterocycles. The summed E-state index contributed by atoms with van der Waals surface area (Å²) in [7, 11) is 0. The highest BCUT2D eigenvalue weighted by atomic mass is 32.2. The number of carboxylic acid groups (broad SMARTS) is 2. The van der Waals surface area contributed by atoms with Gasteiger partial charge in [-0.05, 0) is 22.3 Å². The van der Waals surface area contributed by atoms with E-state index < -0.39 is 16.0 Å². The zero-order valence-electron chi connectivity index (χ0n) is 15.2. The summed E-state index contributed by atoms with van der Waals surface area (Å²) in [5, 5.41) is 18.2. The molecule has 4 nitrogen and oxygen atoms in total. The third-order valence-corrected chi connectivity index (χ3v) is 7.77. The lowest BCUT2D eigenvalue weighted by atomic mass is 10.1. The fourth-order valence-corrected chi connectivity index (χ4v) is 7.59. The Bertz CT molecular complexity index is 793. The molecule has 3 rings (SSSR count). The van der Waals surface area contributed by atoms with E-state index in [9.17, 15) is 19.8 Å². The van der Waals surface area contributed by atoms with Crippen molar-refractivity contribution in [2.45, 2.75) is 41.3 Å². The number of hydrogen-bond acceptors (Lipinski definition) is 4. The summed E-state index contributed by atoms with van der Waals surface area (Å²) in [6.07, 6.45) is 0.120. The normalized spacial score (nSPS) is 16.2. The van der Waals surface area contributed by atoms with E-state index in [2.05, 4.69) is 24.3 Å². The van der Waals surface area contributed by atoms with Crippen molar-refractivity contribution in [3.8, 4) is 11.1 Å². The molecule has 6 heteroatoms. The average molecular weight is 403 g/mol. The Labute approximate surface area is 167 Å². The number of carboxylic acids is 2. The molecule has 2 aromatic rings. The summed E-state index contributed by atoms with van der Waals surface area (Å²) in [6, 6.07) is 16.3. The summed E-state index contributed by atoms with van der Waals surface area (Å²) < 4.78 is -0.517. The zero-order valence-corrected chi connectivity index (χ0v) is 16.8. The highest BCUT2D eigenvalue weighted by molar-refractivity contribution is 8.18. The standard InChI is InChI=1S/C21H22O4S2/c1-13(11-19(22)23)26-21(27-14(2)12-20(24)25)17-9-5-3-7-15(17)16-8-4-6-10-18(16)21/h3-10,13-14H,11-12H2,1-2H3,(H,22,23)(H,24,25). The minimum absolute atomic E-state index is 0.0601. The molecule has 2 unspecified atom stereocenters. The Kier molecular flexibility index (Phi) is 5.86. The van der Waals surface area contributed by atoms with Gasteiger partial charge in [-0.25, -0.2) is 0 Å². The van der Waals surface area contributed by atoms with Crippen molar-refractivity contribution < 1.29 is 19.8 Å². The lowest BCUT2D eigenvalue weighted by Gasteiger charge is -2.35. The van der Waals surface area contributed by atoms with Crippen LogP contribution in [0, 0.1) is 0 Å². The SMILES string of the molecule is CC(CC(=O)O)SC1(SC(C)CC(=O)O)c2ccccc2-c2ccccc21. The second-order valence-electron chi connectivity index (χ2n) is 6.76. The van der Waals surface area contributed by atoms with Crippen LogP contribution >= 0.6 is 23.5 Å². The maximum Gasteiger partial charge on any atom is 0.304 e. The Morgan fingerprint density at radius 1 is 0.815 bits per heavy atom. The molecule has 0 saturated carbocycles. The van der Waals surface area contributed by atoms with Gasteiger partial charge >= 0.3 is 11.9 Å². The van der Waals surface area contributed by atoms with Crippen molar-refractivity contribution in [1.82, 2.24) is 0 Å². The fourth-order valence-electron chi connectivity index (χ4n) is 3.58. The first-order chi connectivity index (χ1) is 12.8. The van der Waals surface area contributed by atoms with Gasteiger partial charge in [-0.2, -0.15) is 0 Å². The van der Waals surface area contributed by atoms with Crippen LogP contribution < -0.4 is 0 Å². The van der Waals surface area contributed by atoms with Crippen molar-refractivity contribution in [2.24, 2.45) is 0 Å². The average Bonchev–Trinajstić information content (AvgIpc) is 2.84. The summed E-state index contributed by atoms with van der Waals surface area (Å²) in [5.41, 5.74) is 4.52. The maximum absolute atomic E-state index is 11.2. The van der Waals surface area contributed by atoms with Crippen LogP contribution in [0.2, 0.25) is 0 Å². The molecule has 27 heavy (non-hydrogen) atoms. The predicted octanol–water partition coefficient (Wildman–Crippen LogP) is 5.06. The smallest absolute Gasteiger partial charge is 0.304 e. The lowest BCUT2D eigenvalue weighted by molar-refractivity contribution is -0.137. The molecule has 2 atom stereocenters. The number of thioether (sulfide) groups is 2. The third kappa shape index (κ3) is 4.01. The first kappa shape index (κ1) is 19.8. The van der Waals surface area contributed by atoms with E-state index in [-0.39, 0.29) is 23.3 Å². The quantitative estimate of drug-likeness (QED) is 0.601. The van der Waals surface area contributed by atoms with Crippen LogP contribution in [0.1, 0.15) is 37.8 Å². The second-order valence-corrected chi connectivity index (χ2v) is 10.3. The molecule has 0 amide bonds. The molecule has 2 aromatic carbocycles. The van der Waals surface area contributed by atoms with Crippen LogP contribution in [-0.4, -0.2) is 32.7 Å². The summed E-state index contributed by atoms with van der Waals surface area (Å²) in [5.74, 6) is -1.65. The molecule has 0 bridgehead atoms. The zero-order chi connectivity index (χ0) is 19.6. The van der Waals surface area contributed by atoms with Crippen LogP contribution in [0.3, 0.4) is 0 Å². The van der Waals surface area contributed by atoms with Crippen molar-refractivity contribution >= 4 is 35.5 Å². The molecule has 1 aliphatic rings. The van der Waals surface area contributed by atoms with Crippen LogP contribution in [0.25, 0.3) is 11.1 Å². The van der Waals surface area contributed by atoms with Crippen LogP contribution in [0.15, 0.2) is 48.5 Å². The number of carbonyl (C=O) groups is 2. The van der Waals surface area contributed by atoms with Gasteiger partial charge in [0.2, 0.25) is 0 Å². The topological polar surface area (TPSA) is 74.6 Å². The van der Waals surface area contributed by atoms with E-state index in [1.807, 2.05) is 38.1 Å². The Morgan fingerprint density at radius 3 is 1.56 bits per heavy atom. The third-order valence-electron chi connectivity index (χ3n) is 4.51. The van der Waals surface area contributed by atoms with E-state index in [0.29, 0.717) is 0 Å². The molecule has 0 spiro atoms. The second kappa shape index (κ2) is 7.98. The largest absolute Gasteiger partial charge is 0.481 e. The van der Waals surface area contributed by atoms with Gasteiger partial charge in [0.1, 0.15) is 4.08 Å². The molecule has 0 aromatic heterocycles. The van der Waals surface area contributed by atoms with Gasteiger partial charge < -0.3 is 10.2 Å². The first-order valence-electron chi connectivity index (χ1n) is 8.82. The molecule has 0 heterocycles. The van der Waals surface area contributed by atoms with Gasteiger partial charge in [-0.15, -0.1) is 23.5 Å². The highest BCUT2D eigenvalue weighted by Gasteiger charge is 2.46. The van der Waals surface area contributed by atoms with Gasteiger partial charge in [0, 0.05) is 10.5 Å². The van der Waals surface area contributed by atoms with E-state index in [4.69, 9.17) is 0 Å². The maximum atomic E-state index is 11.2. The number of fused-ring (bicyclic) bond motifs is 3. The summed E-state index contributed by atoms with van der Waals surface area (Å²) in [4.78, 5) is 22.5. The number of aliphatic carboxylic acids is 2. The van der Waals surface area contributed by atoms with Gasteiger partial charge in [0.25, 0.3) is 0 Å². The van der Waals surface area contributed by atoms with Crippen LogP contribution in [-0.2, 0) is 13.7 Å². The highest BCUT2D eigenvalue weighted by Crippen LogP contribution is 2.63. The van der Waals surface area contributed by atoms with Crippen molar-refractivity contribution in [1.29, 1.82) is 0 Å². The van der Waals surface area contributed by atoms with Crippen molar-refractivity contribution in [3.05, 3.63) is 59.7 Å². The van der Waals surface area contributed by atoms with E-state index in [1.54, 1.807) is 23.5 Å². The van der Waals surface area contributed by atoms with E-state index >= 15 is 0 Å². The minimum atomic E-state index is -0.826. The molecule has 0 radical (unpaired) electrons. The predicted molar refractivity (Wildman–Crippen MR) is 111 cm³/mol. The summed E-state index contributed by atoms with van der Waals surface area (Å²) in [6.45, 7) is 3.85. The van der Waals surface area contributed by atoms with Gasteiger partial charge in [0.05, 0.1) is 12.8 Å². The molecule has 0 fully saturated rings. The van der Waals surface area contributed by atoms with Gasteiger partial charge in [-0.3, -0.25) is 9.59 Å². The van der Waals surface area contributed by atoms with E-state index in [0.717, 1.165) is 22.3 Å². The Balaban J connectivity index is 2.11. The molecular formula is C21H22O4S2. The minimum Gasteiger partial charge on any atom is -0.481 e. The van der Waals surface area contributed by atoms with Crippen LogP contribution in [0.5, 0.6) is 0 Å².